The third-order valence-electron chi connectivity index (χ3n) is 4.02. The predicted molar refractivity (Wildman–Crippen MR) is 61.7 cm³/mol. The highest BCUT2D eigenvalue weighted by Crippen LogP contribution is 2.47. The third-order valence-corrected chi connectivity index (χ3v) is 4.02. The minimum atomic E-state index is -0.679. The van der Waals surface area contributed by atoms with Crippen molar-refractivity contribution in [2.75, 3.05) is 0 Å². The summed E-state index contributed by atoms with van der Waals surface area (Å²) in [5.74, 6) is -0.777. The zero-order chi connectivity index (χ0) is 11.8. The summed E-state index contributed by atoms with van der Waals surface area (Å²) in [6.07, 6.45) is 2.21. The van der Waals surface area contributed by atoms with Crippen LogP contribution < -0.4 is 0 Å². The average molecular weight is 210 g/mol. The molecular formula is C13H22O2. The van der Waals surface area contributed by atoms with Gasteiger partial charge in [0.05, 0.1) is 5.92 Å². The number of hydrogen-bond donors (Lipinski definition) is 1. The van der Waals surface area contributed by atoms with Gasteiger partial charge in [-0.1, -0.05) is 31.9 Å². The highest BCUT2D eigenvalue weighted by atomic mass is 16.4. The van der Waals surface area contributed by atoms with E-state index >= 15 is 0 Å². The summed E-state index contributed by atoms with van der Waals surface area (Å²) in [6.45, 7) is 10.4. The van der Waals surface area contributed by atoms with Gasteiger partial charge in [0.2, 0.25) is 0 Å². The Morgan fingerprint density at radius 2 is 2.00 bits per heavy atom. The van der Waals surface area contributed by atoms with E-state index in [2.05, 4.69) is 27.7 Å². The number of rotatable bonds is 2. The molecule has 0 spiro atoms. The van der Waals surface area contributed by atoms with Gasteiger partial charge in [-0.15, -0.1) is 0 Å². The Morgan fingerprint density at radius 3 is 2.47 bits per heavy atom. The highest BCUT2D eigenvalue weighted by molar-refractivity contribution is 5.70. The average Bonchev–Trinajstić information content (AvgIpc) is 2.11. The molecule has 2 heteroatoms. The Kier molecular flexibility index (Phi) is 3.27. The van der Waals surface area contributed by atoms with Gasteiger partial charge in [-0.05, 0) is 38.0 Å². The predicted octanol–water partition coefficient (Wildman–Crippen LogP) is 3.48. The van der Waals surface area contributed by atoms with Gasteiger partial charge >= 0.3 is 5.97 Å². The minimum Gasteiger partial charge on any atom is -0.481 e. The number of allylic oxidation sites excluding steroid dienone is 2. The van der Waals surface area contributed by atoms with Crippen molar-refractivity contribution in [3.8, 4) is 0 Å². The van der Waals surface area contributed by atoms with E-state index < -0.39 is 5.97 Å². The molecule has 0 aliphatic heterocycles. The molecule has 0 fully saturated rings. The highest BCUT2D eigenvalue weighted by Gasteiger charge is 2.40. The van der Waals surface area contributed by atoms with Gasteiger partial charge in [0.1, 0.15) is 0 Å². The summed E-state index contributed by atoms with van der Waals surface area (Å²) >= 11 is 0. The van der Waals surface area contributed by atoms with Gasteiger partial charge in [-0.25, -0.2) is 0 Å². The molecular weight excluding hydrogens is 188 g/mol. The number of aliphatic carboxylic acids is 1. The first-order valence-corrected chi connectivity index (χ1v) is 5.66. The molecule has 2 atom stereocenters. The first-order chi connectivity index (χ1) is 6.77. The molecule has 2 nitrogen and oxygen atoms in total. The number of carboxylic acids is 1. The standard InChI is InChI=1S/C13H22O2/c1-8-6-7-13(4,5)11(9(8)2)10(3)12(14)15/h10-11H,6-7H2,1-5H3,(H,14,15). The zero-order valence-corrected chi connectivity index (χ0v) is 10.4. The van der Waals surface area contributed by atoms with Crippen LogP contribution in [0.1, 0.15) is 47.5 Å². The number of hydrogen-bond acceptors (Lipinski definition) is 1. The van der Waals surface area contributed by atoms with E-state index in [1.54, 1.807) is 0 Å². The van der Waals surface area contributed by atoms with Crippen LogP contribution in [0.25, 0.3) is 0 Å². The Hall–Kier alpha value is -0.790. The maximum absolute atomic E-state index is 11.1. The Balaban J connectivity index is 3.09. The maximum atomic E-state index is 11.1. The summed E-state index contributed by atoms with van der Waals surface area (Å²) in [5.41, 5.74) is 2.79. The van der Waals surface area contributed by atoms with Crippen LogP contribution in [-0.2, 0) is 4.79 Å². The van der Waals surface area contributed by atoms with Crippen LogP contribution in [0, 0.1) is 17.3 Å². The van der Waals surface area contributed by atoms with Crippen LogP contribution in [0.15, 0.2) is 11.1 Å². The van der Waals surface area contributed by atoms with Crippen LogP contribution in [0.3, 0.4) is 0 Å². The second-order valence-electron chi connectivity index (χ2n) is 5.56. The second kappa shape index (κ2) is 3.99. The molecule has 0 amide bonds. The number of carbonyl (C=O) groups is 1. The van der Waals surface area contributed by atoms with Crippen LogP contribution in [0.2, 0.25) is 0 Å². The third kappa shape index (κ3) is 2.24. The molecule has 0 aromatic heterocycles. The topological polar surface area (TPSA) is 37.3 Å². The molecule has 0 aromatic rings. The van der Waals surface area contributed by atoms with Gasteiger partial charge in [0, 0.05) is 0 Å². The number of carboxylic acid groups (broad SMARTS) is 1. The Bertz CT molecular complexity index is 300. The molecule has 0 aromatic carbocycles. The lowest BCUT2D eigenvalue weighted by Crippen LogP contribution is -2.37. The van der Waals surface area contributed by atoms with E-state index in [-0.39, 0.29) is 17.3 Å². The van der Waals surface area contributed by atoms with Gasteiger partial charge < -0.3 is 5.11 Å². The van der Waals surface area contributed by atoms with Crippen molar-refractivity contribution < 1.29 is 9.90 Å². The molecule has 1 rings (SSSR count). The molecule has 0 saturated carbocycles. The van der Waals surface area contributed by atoms with Gasteiger partial charge in [-0.3, -0.25) is 4.79 Å². The van der Waals surface area contributed by atoms with Gasteiger partial charge in [0.25, 0.3) is 0 Å². The van der Waals surface area contributed by atoms with Crippen molar-refractivity contribution in [1.82, 2.24) is 0 Å². The molecule has 0 radical (unpaired) electrons. The summed E-state index contributed by atoms with van der Waals surface area (Å²) in [6, 6.07) is 0. The van der Waals surface area contributed by atoms with Crippen LogP contribution in [-0.4, -0.2) is 11.1 Å². The molecule has 0 saturated heterocycles. The summed E-state index contributed by atoms with van der Waals surface area (Å²) in [4.78, 5) is 11.1. The quantitative estimate of drug-likeness (QED) is 0.708. The van der Waals surface area contributed by atoms with E-state index in [0.29, 0.717) is 0 Å². The fourth-order valence-corrected chi connectivity index (χ4v) is 2.91. The van der Waals surface area contributed by atoms with Crippen molar-refractivity contribution in [2.24, 2.45) is 17.3 Å². The van der Waals surface area contributed by atoms with E-state index in [0.717, 1.165) is 12.8 Å². The molecule has 86 valence electrons. The van der Waals surface area contributed by atoms with Crippen molar-refractivity contribution in [3.63, 3.8) is 0 Å². The van der Waals surface area contributed by atoms with E-state index in [1.165, 1.54) is 11.1 Å². The van der Waals surface area contributed by atoms with E-state index in [9.17, 15) is 4.79 Å². The maximum Gasteiger partial charge on any atom is 0.306 e. The SMILES string of the molecule is CC1=C(C)C(C(C)C(=O)O)C(C)(C)CC1. The smallest absolute Gasteiger partial charge is 0.306 e. The summed E-state index contributed by atoms with van der Waals surface area (Å²) in [7, 11) is 0. The fourth-order valence-electron chi connectivity index (χ4n) is 2.91. The Morgan fingerprint density at radius 1 is 1.47 bits per heavy atom. The second-order valence-corrected chi connectivity index (χ2v) is 5.56. The monoisotopic (exact) mass is 210 g/mol. The fraction of sp³-hybridized carbons (Fsp3) is 0.769. The van der Waals surface area contributed by atoms with E-state index in [1.807, 2.05) is 6.92 Å². The molecule has 1 N–H and O–H groups in total. The lowest BCUT2D eigenvalue weighted by atomic mass is 9.62. The molecule has 1 aliphatic rings. The Labute approximate surface area is 92.4 Å². The van der Waals surface area contributed by atoms with Crippen molar-refractivity contribution in [2.45, 2.75) is 47.5 Å². The first kappa shape index (κ1) is 12.3. The molecule has 0 heterocycles. The molecule has 0 bridgehead atoms. The lowest BCUT2D eigenvalue weighted by molar-refractivity contribution is -0.144. The normalized spacial score (nSPS) is 27.7. The van der Waals surface area contributed by atoms with Crippen LogP contribution >= 0.6 is 0 Å². The van der Waals surface area contributed by atoms with Gasteiger partial charge in [-0.2, -0.15) is 0 Å². The van der Waals surface area contributed by atoms with Crippen molar-refractivity contribution in [3.05, 3.63) is 11.1 Å². The summed E-state index contributed by atoms with van der Waals surface area (Å²) < 4.78 is 0. The largest absolute Gasteiger partial charge is 0.481 e. The summed E-state index contributed by atoms with van der Waals surface area (Å²) in [5, 5.41) is 9.15. The first-order valence-electron chi connectivity index (χ1n) is 5.66. The van der Waals surface area contributed by atoms with E-state index in [4.69, 9.17) is 5.11 Å². The molecule has 1 aliphatic carbocycles. The van der Waals surface area contributed by atoms with Crippen LogP contribution in [0.4, 0.5) is 0 Å². The minimum absolute atomic E-state index is 0.113. The zero-order valence-electron chi connectivity index (χ0n) is 10.4. The van der Waals surface area contributed by atoms with Crippen molar-refractivity contribution >= 4 is 5.97 Å². The van der Waals surface area contributed by atoms with Crippen LogP contribution in [0.5, 0.6) is 0 Å². The van der Waals surface area contributed by atoms with Crippen molar-refractivity contribution in [1.29, 1.82) is 0 Å². The molecule has 2 unspecified atom stereocenters. The lowest BCUT2D eigenvalue weighted by Gasteiger charge is -2.42. The molecule has 15 heavy (non-hydrogen) atoms. The van der Waals surface area contributed by atoms with Gasteiger partial charge in [0.15, 0.2) is 0 Å².